The topological polar surface area (TPSA) is 126 Å². The predicted molar refractivity (Wildman–Crippen MR) is 140 cm³/mol. The van der Waals surface area contributed by atoms with E-state index in [-0.39, 0.29) is 23.3 Å². The molecule has 2 heterocycles. The van der Waals surface area contributed by atoms with E-state index in [2.05, 4.69) is 20.7 Å². The van der Waals surface area contributed by atoms with Crippen LogP contribution < -0.4 is 10.6 Å². The smallest absolute Gasteiger partial charge is 0.273 e. The molecule has 1 aromatic heterocycles. The number of ketones is 1. The Morgan fingerprint density at radius 1 is 1.05 bits per heavy atom. The Morgan fingerprint density at radius 3 is 2.51 bits per heavy atom. The quantitative estimate of drug-likeness (QED) is 0.272. The molecule has 37 heavy (non-hydrogen) atoms. The molecule has 3 N–H and O–H groups in total. The molecule has 0 saturated heterocycles. The molecule has 1 atom stereocenters. The molecule has 1 aliphatic rings. The first-order valence-corrected chi connectivity index (χ1v) is 11.5. The fourth-order valence-corrected chi connectivity index (χ4v) is 4.20. The molecule has 0 spiro atoms. The van der Waals surface area contributed by atoms with Gasteiger partial charge in [-0.3, -0.25) is 24.1 Å². The summed E-state index contributed by atoms with van der Waals surface area (Å²) in [5, 5.41) is 19.4. The van der Waals surface area contributed by atoms with E-state index in [9.17, 15) is 19.5 Å². The molecule has 0 aliphatic carbocycles. The molecule has 1 unspecified atom stereocenters. The van der Waals surface area contributed by atoms with Crippen molar-refractivity contribution in [3.05, 3.63) is 101 Å². The predicted octanol–water partition coefficient (Wildman–Crippen LogP) is 4.36. The number of carbonyl (C=O) groups excluding carboxylic acids is 3. The van der Waals surface area contributed by atoms with E-state index in [0.29, 0.717) is 39.4 Å². The monoisotopic (exact) mass is 493 g/mol. The van der Waals surface area contributed by atoms with Gasteiger partial charge in [-0.1, -0.05) is 18.2 Å². The molecule has 0 radical (unpaired) electrons. The third-order valence-corrected chi connectivity index (χ3v) is 6.03. The maximum Gasteiger partial charge on any atom is 0.273 e. The Bertz CT molecular complexity index is 1570. The molecule has 9 nitrogen and oxygen atoms in total. The zero-order chi connectivity index (χ0) is 26.1. The van der Waals surface area contributed by atoms with Crippen LogP contribution in [0.3, 0.4) is 0 Å². The summed E-state index contributed by atoms with van der Waals surface area (Å²) in [4.78, 5) is 42.4. The molecule has 184 valence electrons. The summed E-state index contributed by atoms with van der Waals surface area (Å²) in [6.07, 6.45) is 1.53. The molecular formula is C28H23N5O4. The van der Waals surface area contributed by atoms with E-state index in [1.807, 2.05) is 6.92 Å². The Morgan fingerprint density at radius 2 is 1.81 bits per heavy atom. The number of aromatic nitrogens is 2. The number of amides is 2. The van der Waals surface area contributed by atoms with E-state index in [0.717, 1.165) is 5.69 Å². The van der Waals surface area contributed by atoms with Crippen molar-refractivity contribution in [1.82, 2.24) is 9.78 Å². The highest BCUT2D eigenvalue weighted by Gasteiger charge is 2.30. The van der Waals surface area contributed by atoms with Gasteiger partial charge < -0.3 is 15.7 Å². The summed E-state index contributed by atoms with van der Waals surface area (Å²) in [7, 11) is 1.70. The summed E-state index contributed by atoms with van der Waals surface area (Å²) < 4.78 is 1.51. The van der Waals surface area contributed by atoms with E-state index in [1.165, 1.54) is 17.0 Å². The van der Waals surface area contributed by atoms with Gasteiger partial charge in [-0.2, -0.15) is 5.10 Å². The minimum absolute atomic E-state index is 0.0907. The van der Waals surface area contributed by atoms with Crippen LogP contribution in [0.5, 0.6) is 5.75 Å². The number of rotatable bonds is 6. The van der Waals surface area contributed by atoms with Crippen molar-refractivity contribution >= 4 is 40.9 Å². The van der Waals surface area contributed by atoms with Crippen LogP contribution in [0.2, 0.25) is 0 Å². The van der Waals surface area contributed by atoms with Gasteiger partial charge in [-0.25, -0.2) is 0 Å². The molecule has 0 saturated carbocycles. The summed E-state index contributed by atoms with van der Waals surface area (Å²) >= 11 is 0. The summed E-state index contributed by atoms with van der Waals surface area (Å²) in [6.45, 7) is 1.81. The van der Waals surface area contributed by atoms with Crippen LogP contribution >= 0.6 is 0 Å². The molecule has 1 aliphatic heterocycles. The van der Waals surface area contributed by atoms with Crippen molar-refractivity contribution in [2.24, 2.45) is 12.0 Å². The van der Waals surface area contributed by atoms with Crippen LogP contribution in [0.4, 0.5) is 17.1 Å². The van der Waals surface area contributed by atoms with E-state index in [1.54, 1.807) is 73.8 Å². The number of aryl methyl sites for hydroxylation is 2. The van der Waals surface area contributed by atoms with Gasteiger partial charge in [-0.15, -0.1) is 0 Å². The molecule has 0 bridgehead atoms. The van der Waals surface area contributed by atoms with Crippen LogP contribution in [0.25, 0.3) is 0 Å². The van der Waals surface area contributed by atoms with Crippen LogP contribution in [-0.4, -0.2) is 38.7 Å². The van der Waals surface area contributed by atoms with Gasteiger partial charge in [0.1, 0.15) is 17.4 Å². The van der Waals surface area contributed by atoms with Crippen molar-refractivity contribution in [3.8, 4) is 5.75 Å². The van der Waals surface area contributed by atoms with Crippen molar-refractivity contribution < 1.29 is 19.5 Å². The molecule has 3 aromatic carbocycles. The van der Waals surface area contributed by atoms with Gasteiger partial charge >= 0.3 is 0 Å². The first-order chi connectivity index (χ1) is 17.8. The lowest BCUT2D eigenvalue weighted by Crippen LogP contribution is -2.16. The van der Waals surface area contributed by atoms with Crippen molar-refractivity contribution in [2.45, 2.75) is 12.8 Å². The van der Waals surface area contributed by atoms with Crippen molar-refractivity contribution in [2.75, 3.05) is 10.6 Å². The summed E-state index contributed by atoms with van der Waals surface area (Å²) in [5.41, 5.74) is 4.40. The summed E-state index contributed by atoms with van der Waals surface area (Å²) in [6, 6.07) is 19.8. The third-order valence-electron chi connectivity index (χ3n) is 6.03. The van der Waals surface area contributed by atoms with Crippen LogP contribution in [-0.2, 0) is 11.8 Å². The van der Waals surface area contributed by atoms with Crippen molar-refractivity contribution in [3.63, 3.8) is 0 Å². The second-order valence-electron chi connectivity index (χ2n) is 8.72. The van der Waals surface area contributed by atoms with Gasteiger partial charge in [0, 0.05) is 41.8 Å². The number of carbonyl (C=O) groups is 3. The number of anilines is 2. The zero-order valence-electron chi connectivity index (χ0n) is 20.1. The van der Waals surface area contributed by atoms with E-state index in [4.69, 9.17) is 0 Å². The van der Waals surface area contributed by atoms with Gasteiger partial charge in [0.25, 0.3) is 5.91 Å². The standard InChI is InChI=1S/C28H23N5O4/c1-16-12-25(33(2)32-16)28(37)30-19-9-6-17(7-10-19)26(35)18-8-11-22-23(27(36)31-24(22)13-18)15-29-20-4-3-5-21(34)14-20/h3-15,23,34H,1-2H3,(H,30,37)(H,31,36). The van der Waals surface area contributed by atoms with Gasteiger partial charge in [0.15, 0.2) is 5.78 Å². The highest BCUT2D eigenvalue weighted by Crippen LogP contribution is 2.33. The summed E-state index contributed by atoms with van der Waals surface area (Å²) in [5.74, 6) is -1.26. The van der Waals surface area contributed by atoms with Crippen LogP contribution in [0.1, 0.15) is 43.6 Å². The second kappa shape index (κ2) is 9.54. The number of nitrogens with zero attached hydrogens (tertiary/aromatic N) is 3. The Balaban J connectivity index is 1.30. The zero-order valence-corrected chi connectivity index (χ0v) is 20.1. The SMILES string of the molecule is Cc1cc(C(=O)Nc2ccc(C(=O)c3ccc4c(c3)NC(=O)C4C=Nc3cccc(O)c3)cc2)n(C)n1. The van der Waals surface area contributed by atoms with E-state index < -0.39 is 5.92 Å². The molecule has 5 rings (SSSR count). The average molecular weight is 494 g/mol. The number of fused-ring (bicyclic) bond motifs is 1. The van der Waals surface area contributed by atoms with Gasteiger partial charge in [0.05, 0.1) is 11.4 Å². The van der Waals surface area contributed by atoms with E-state index >= 15 is 0 Å². The molecule has 0 fully saturated rings. The number of hydrogen-bond acceptors (Lipinski definition) is 6. The fourth-order valence-electron chi connectivity index (χ4n) is 4.20. The second-order valence-corrected chi connectivity index (χ2v) is 8.72. The Labute approximate surface area is 212 Å². The minimum Gasteiger partial charge on any atom is -0.508 e. The lowest BCUT2D eigenvalue weighted by molar-refractivity contribution is -0.115. The van der Waals surface area contributed by atoms with Gasteiger partial charge in [0.2, 0.25) is 5.91 Å². The van der Waals surface area contributed by atoms with Gasteiger partial charge in [-0.05, 0) is 61.0 Å². The highest BCUT2D eigenvalue weighted by atomic mass is 16.3. The molecule has 4 aromatic rings. The number of nitrogens with one attached hydrogen (secondary N) is 2. The molecule has 9 heteroatoms. The molecular weight excluding hydrogens is 470 g/mol. The number of hydrogen-bond donors (Lipinski definition) is 3. The number of benzene rings is 3. The minimum atomic E-state index is -0.604. The van der Waals surface area contributed by atoms with Crippen molar-refractivity contribution in [1.29, 1.82) is 0 Å². The first-order valence-electron chi connectivity index (χ1n) is 11.5. The maximum atomic E-state index is 13.1. The Hall–Kier alpha value is -5.05. The number of phenols is 1. The number of aliphatic imine (C=N–C) groups is 1. The number of aromatic hydroxyl groups is 1. The van der Waals surface area contributed by atoms with Crippen LogP contribution in [0, 0.1) is 6.92 Å². The maximum absolute atomic E-state index is 13.1. The fraction of sp³-hybridized carbons (Fsp3) is 0.107. The lowest BCUT2D eigenvalue weighted by atomic mass is 9.97. The largest absolute Gasteiger partial charge is 0.508 e. The third kappa shape index (κ3) is 4.87. The average Bonchev–Trinajstić information content (AvgIpc) is 3.39. The Kier molecular flexibility index (Phi) is 6.10. The number of phenolic OH excluding ortho intramolecular Hbond substituents is 1. The lowest BCUT2D eigenvalue weighted by Gasteiger charge is -2.08. The normalized spacial score (nSPS) is 14.4. The molecule has 2 amide bonds. The highest BCUT2D eigenvalue weighted by molar-refractivity contribution is 6.15. The van der Waals surface area contributed by atoms with Crippen LogP contribution in [0.15, 0.2) is 77.8 Å². The first kappa shape index (κ1) is 23.7.